The lowest BCUT2D eigenvalue weighted by Gasteiger charge is -2.21. The van der Waals surface area contributed by atoms with Gasteiger partial charge in [0.15, 0.2) is 9.77 Å². The van der Waals surface area contributed by atoms with E-state index in [4.69, 9.17) is 4.42 Å². The van der Waals surface area contributed by atoms with E-state index < -0.39 is 6.04 Å². The summed E-state index contributed by atoms with van der Waals surface area (Å²) < 4.78 is 6.73. The number of amides is 1. The summed E-state index contributed by atoms with van der Waals surface area (Å²) >= 11 is 2.96. The summed E-state index contributed by atoms with van der Waals surface area (Å²) in [5, 5.41) is 9.42. The first-order valence-corrected chi connectivity index (χ1v) is 11.4. The minimum Gasteiger partial charge on any atom is -0.450 e. The molecule has 0 radical (unpaired) electrons. The molecule has 1 amide bonds. The smallest absolute Gasteiger partial charge is 0.297 e. The molecule has 3 heterocycles. The highest BCUT2D eigenvalue weighted by Gasteiger charge is 2.45. The van der Waals surface area contributed by atoms with Crippen LogP contribution in [0.5, 0.6) is 0 Å². The first-order chi connectivity index (χ1) is 14.7. The molecule has 30 heavy (non-hydrogen) atoms. The zero-order chi connectivity index (χ0) is 20.7. The number of carbonyl (C=O) groups is 1. The SMILES string of the molecule is CCCSc1nnc(N2C(=O)c3oc4ccccc4c(=O)c3C2c2ccccc2)s1. The third-order valence-corrected chi connectivity index (χ3v) is 7.19. The molecule has 0 spiro atoms. The van der Waals surface area contributed by atoms with Crippen molar-refractivity contribution in [2.45, 2.75) is 23.7 Å². The van der Waals surface area contributed by atoms with Gasteiger partial charge in [0.2, 0.25) is 10.9 Å². The minimum atomic E-state index is -0.605. The average molecular weight is 436 g/mol. The van der Waals surface area contributed by atoms with Gasteiger partial charge in [0, 0.05) is 5.75 Å². The molecule has 0 aliphatic carbocycles. The molecular weight excluding hydrogens is 418 g/mol. The highest BCUT2D eigenvalue weighted by Crippen LogP contribution is 2.42. The summed E-state index contributed by atoms with van der Waals surface area (Å²) in [4.78, 5) is 28.4. The lowest BCUT2D eigenvalue weighted by molar-refractivity contribution is 0.0970. The van der Waals surface area contributed by atoms with Gasteiger partial charge in [0.1, 0.15) is 5.58 Å². The highest BCUT2D eigenvalue weighted by atomic mass is 32.2. The summed E-state index contributed by atoms with van der Waals surface area (Å²) in [5.74, 6) is 0.631. The van der Waals surface area contributed by atoms with Crippen LogP contribution in [0.25, 0.3) is 11.0 Å². The Morgan fingerprint density at radius 1 is 1.07 bits per heavy atom. The van der Waals surface area contributed by atoms with Crippen LogP contribution in [0.1, 0.15) is 41.1 Å². The Kier molecular flexibility index (Phi) is 4.88. The van der Waals surface area contributed by atoms with E-state index in [0.29, 0.717) is 21.7 Å². The Hall–Kier alpha value is -2.97. The van der Waals surface area contributed by atoms with Crippen molar-refractivity contribution in [3.63, 3.8) is 0 Å². The van der Waals surface area contributed by atoms with E-state index in [2.05, 4.69) is 17.1 Å². The zero-order valence-corrected chi connectivity index (χ0v) is 17.7. The normalized spacial score (nSPS) is 15.7. The van der Waals surface area contributed by atoms with Gasteiger partial charge in [-0.15, -0.1) is 10.2 Å². The van der Waals surface area contributed by atoms with Crippen LogP contribution < -0.4 is 10.3 Å². The number of para-hydroxylation sites is 1. The van der Waals surface area contributed by atoms with E-state index in [-0.39, 0.29) is 17.1 Å². The summed E-state index contributed by atoms with van der Waals surface area (Å²) in [6, 6.07) is 15.9. The lowest BCUT2D eigenvalue weighted by Crippen LogP contribution is -2.29. The molecule has 0 saturated heterocycles. The van der Waals surface area contributed by atoms with E-state index >= 15 is 0 Å². The third kappa shape index (κ3) is 3.03. The third-order valence-electron chi connectivity index (χ3n) is 4.92. The summed E-state index contributed by atoms with van der Waals surface area (Å²) in [6.45, 7) is 2.10. The van der Waals surface area contributed by atoms with Gasteiger partial charge in [-0.1, -0.05) is 72.5 Å². The van der Waals surface area contributed by atoms with Crippen LogP contribution in [0.3, 0.4) is 0 Å². The van der Waals surface area contributed by atoms with Crippen molar-refractivity contribution in [3.05, 3.63) is 81.7 Å². The topological polar surface area (TPSA) is 76.3 Å². The molecule has 1 atom stereocenters. The second-order valence-corrected chi connectivity index (χ2v) is 9.16. The first-order valence-electron chi connectivity index (χ1n) is 9.59. The summed E-state index contributed by atoms with van der Waals surface area (Å²) in [6.07, 6.45) is 1.02. The van der Waals surface area contributed by atoms with Gasteiger partial charge in [-0.2, -0.15) is 0 Å². The number of rotatable bonds is 5. The average Bonchev–Trinajstić information content (AvgIpc) is 3.36. The van der Waals surface area contributed by atoms with Crippen molar-refractivity contribution in [1.29, 1.82) is 0 Å². The molecular formula is C22H17N3O3S2. The van der Waals surface area contributed by atoms with Crippen molar-refractivity contribution in [3.8, 4) is 0 Å². The Morgan fingerprint density at radius 2 is 1.83 bits per heavy atom. The Balaban J connectivity index is 1.71. The van der Waals surface area contributed by atoms with Crippen LogP contribution >= 0.6 is 23.1 Å². The quantitative estimate of drug-likeness (QED) is 0.328. The molecule has 0 fully saturated rings. The fraction of sp³-hybridized carbons (Fsp3) is 0.182. The van der Waals surface area contributed by atoms with Gasteiger partial charge in [-0.3, -0.25) is 14.5 Å². The lowest BCUT2D eigenvalue weighted by atomic mass is 9.99. The van der Waals surface area contributed by atoms with Crippen LogP contribution in [0.4, 0.5) is 5.13 Å². The number of carbonyl (C=O) groups excluding carboxylic acids is 1. The molecule has 0 N–H and O–H groups in total. The Bertz CT molecular complexity index is 1300. The minimum absolute atomic E-state index is 0.0746. The molecule has 1 aliphatic heterocycles. The van der Waals surface area contributed by atoms with Gasteiger partial charge in [-0.25, -0.2) is 0 Å². The second-order valence-electron chi connectivity index (χ2n) is 6.86. The van der Waals surface area contributed by atoms with Gasteiger partial charge < -0.3 is 4.42 Å². The molecule has 1 aliphatic rings. The van der Waals surface area contributed by atoms with E-state index in [0.717, 1.165) is 22.1 Å². The summed E-state index contributed by atoms with van der Waals surface area (Å²) in [5.41, 5.74) is 1.38. The van der Waals surface area contributed by atoms with Crippen LogP contribution in [-0.2, 0) is 0 Å². The molecule has 0 saturated carbocycles. The Labute approximate surface area is 180 Å². The summed E-state index contributed by atoms with van der Waals surface area (Å²) in [7, 11) is 0. The molecule has 2 aromatic carbocycles. The van der Waals surface area contributed by atoms with Gasteiger partial charge in [0.05, 0.1) is 17.0 Å². The number of aromatic nitrogens is 2. The van der Waals surface area contributed by atoms with Crippen LogP contribution in [0.2, 0.25) is 0 Å². The molecule has 0 bridgehead atoms. The van der Waals surface area contributed by atoms with Crippen molar-refractivity contribution >= 4 is 45.1 Å². The molecule has 5 rings (SSSR count). The van der Waals surface area contributed by atoms with Gasteiger partial charge in [-0.05, 0) is 24.1 Å². The fourth-order valence-electron chi connectivity index (χ4n) is 3.62. The number of hydrogen-bond acceptors (Lipinski definition) is 7. The monoisotopic (exact) mass is 435 g/mol. The zero-order valence-electron chi connectivity index (χ0n) is 16.1. The van der Waals surface area contributed by atoms with E-state index in [9.17, 15) is 9.59 Å². The highest BCUT2D eigenvalue weighted by molar-refractivity contribution is 8.01. The fourth-order valence-corrected chi connectivity index (χ4v) is 5.41. The maximum absolute atomic E-state index is 13.4. The van der Waals surface area contributed by atoms with Crippen molar-refractivity contribution in [1.82, 2.24) is 10.2 Å². The Morgan fingerprint density at radius 3 is 2.63 bits per heavy atom. The van der Waals surface area contributed by atoms with Gasteiger partial charge in [0.25, 0.3) is 5.91 Å². The molecule has 6 nitrogen and oxygen atoms in total. The van der Waals surface area contributed by atoms with E-state index in [1.165, 1.54) is 16.2 Å². The standard InChI is InChI=1S/C22H17N3O3S2/c1-2-12-29-22-24-23-21(30-22)25-17(13-8-4-3-5-9-13)16-18(26)14-10-6-7-11-15(14)28-19(16)20(25)27/h3-11,17H,2,12H2,1H3. The largest absolute Gasteiger partial charge is 0.450 e. The number of benzene rings is 2. The molecule has 150 valence electrons. The molecule has 2 aromatic heterocycles. The number of hydrogen-bond donors (Lipinski definition) is 0. The maximum Gasteiger partial charge on any atom is 0.297 e. The number of thioether (sulfide) groups is 1. The van der Waals surface area contributed by atoms with Crippen molar-refractivity contribution in [2.75, 3.05) is 10.7 Å². The van der Waals surface area contributed by atoms with Crippen molar-refractivity contribution < 1.29 is 9.21 Å². The van der Waals surface area contributed by atoms with Gasteiger partial charge >= 0.3 is 0 Å². The predicted octanol–water partition coefficient (Wildman–Crippen LogP) is 4.90. The molecule has 8 heteroatoms. The van der Waals surface area contributed by atoms with E-state index in [1.807, 2.05) is 30.3 Å². The molecule has 4 aromatic rings. The second kappa shape index (κ2) is 7.70. The van der Waals surface area contributed by atoms with Crippen LogP contribution in [-0.4, -0.2) is 21.9 Å². The first kappa shape index (κ1) is 19.0. The predicted molar refractivity (Wildman–Crippen MR) is 119 cm³/mol. The van der Waals surface area contributed by atoms with Crippen molar-refractivity contribution in [2.24, 2.45) is 0 Å². The number of anilines is 1. The van der Waals surface area contributed by atoms with E-state index in [1.54, 1.807) is 36.0 Å². The number of fused-ring (bicyclic) bond motifs is 2. The maximum atomic E-state index is 13.4. The van der Waals surface area contributed by atoms with Crippen LogP contribution in [0, 0.1) is 0 Å². The van der Waals surface area contributed by atoms with Crippen LogP contribution in [0.15, 0.2) is 68.1 Å². The molecule has 1 unspecified atom stereocenters. The number of nitrogens with zero attached hydrogens (tertiary/aromatic N) is 3.